The first-order chi connectivity index (χ1) is 12.3. The van der Waals surface area contributed by atoms with E-state index in [0.29, 0.717) is 17.8 Å². The predicted octanol–water partition coefficient (Wildman–Crippen LogP) is 2.68. The number of nitrogens with one attached hydrogen (secondary N) is 1. The van der Waals surface area contributed by atoms with E-state index in [1.54, 1.807) is 10.7 Å². The second-order valence-electron chi connectivity index (χ2n) is 6.28. The molecule has 1 saturated carbocycles. The molecule has 0 atom stereocenters. The molecule has 0 aliphatic heterocycles. The topological polar surface area (TPSA) is 83.1 Å². The maximum Gasteiger partial charge on any atom is 0.223 e. The normalized spacial score (nSPS) is 14.0. The third-order valence-corrected chi connectivity index (χ3v) is 4.69. The van der Waals surface area contributed by atoms with E-state index in [2.05, 4.69) is 21.5 Å². The number of rotatable bonds is 4. The van der Waals surface area contributed by atoms with Gasteiger partial charge in [-0.3, -0.25) is 4.79 Å². The van der Waals surface area contributed by atoms with Crippen molar-refractivity contribution in [3.63, 3.8) is 0 Å². The van der Waals surface area contributed by atoms with Gasteiger partial charge in [0.25, 0.3) is 0 Å². The Bertz CT molecular complexity index is 981. The molecule has 1 N–H and O–H groups in total. The van der Waals surface area contributed by atoms with Crippen molar-refractivity contribution in [3.05, 3.63) is 53.9 Å². The minimum Gasteiger partial charge on any atom is -0.352 e. The number of hydrogen-bond acceptors (Lipinski definition) is 4. The molecule has 0 unspecified atom stereocenters. The van der Waals surface area contributed by atoms with Crippen molar-refractivity contribution >= 4 is 11.6 Å². The van der Waals surface area contributed by atoms with Crippen LogP contribution in [0, 0.1) is 17.2 Å². The standard InChI is InChI=1S/C19H17N5O/c20-10-16-12-23-24-17(7-8-21-18(16)24)15-6-1-3-13(9-15)11-22-19(25)14-4-2-5-14/h1,3,6-9,12,14H,2,4-5,11H2,(H,22,25). The van der Waals surface area contributed by atoms with Gasteiger partial charge in [-0.05, 0) is 30.5 Å². The van der Waals surface area contributed by atoms with Crippen LogP contribution in [0.2, 0.25) is 0 Å². The summed E-state index contributed by atoms with van der Waals surface area (Å²) in [5, 5.41) is 16.4. The Labute approximate surface area is 145 Å². The Morgan fingerprint density at radius 1 is 1.36 bits per heavy atom. The molecule has 1 fully saturated rings. The quantitative estimate of drug-likeness (QED) is 0.797. The minimum absolute atomic E-state index is 0.147. The molecule has 6 nitrogen and oxygen atoms in total. The molecular weight excluding hydrogens is 314 g/mol. The first-order valence-electron chi connectivity index (χ1n) is 8.36. The smallest absolute Gasteiger partial charge is 0.223 e. The second-order valence-corrected chi connectivity index (χ2v) is 6.28. The van der Waals surface area contributed by atoms with Crippen LogP contribution in [-0.4, -0.2) is 20.5 Å². The Morgan fingerprint density at radius 2 is 2.24 bits per heavy atom. The van der Waals surface area contributed by atoms with Crippen molar-refractivity contribution in [2.75, 3.05) is 0 Å². The van der Waals surface area contributed by atoms with Crippen LogP contribution in [0.1, 0.15) is 30.4 Å². The summed E-state index contributed by atoms with van der Waals surface area (Å²) in [7, 11) is 0. The monoisotopic (exact) mass is 331 g/mol. The van der Waals surface area contributed by atoms with Gasteiger partial charge >= 0.3 is 0 Å². The van der Waals surface area contributed by atoms with Crippen LogP contribution >= 0.6 is 0 Å². The van der Waals surface area contributed by atoms with Crippen LogP contribution in [0.25, 0.3) is 16.9 Å². The fraction of sp³-hybridized carbons (Fsp3) is 0.263. The number of amides is 1. The molecule has 1 aromatic carbocycles. The third kappa shape index (κ3) is 2.85. The third-order valence-electron chi connectivity index (χ3n) is 4.69. The summed E-state index contributed by atoms with van der Waals surface area (Å²) in [6.07, 6.45) is 6.36. The van der Waals surface area contributed by atoms with Gasteiger partial charge in [-0.2, -0.15) is 10.4 Å². The van der Waals surface area contributed by atoms with E-state index < -0.39 is 0 Å². The number of aromatic nitrogens is 3. The van der Waals surface area contributed by atoms with Crippen molar-refractivity contribution in [3.8, 4) is 17.3 Å². The molecule has 124 valence electrons. The highest BCUT2D eigenvalue weighted by atomic mass is 16.1. The fourth-order valence-electron chi connectivity index (χ4n) is 3.03. The summed E-state index contributed by atoms with van der Waals surface area (Å²) >= 11 is 0. The first-order valence-corrected chi connectivity index (χ1v) is 8.36. The van der Waals surface area contributed by atoms with Crippen LogP contribution in [0.15, 0.2) is 42.7 Å². The summed E-state index contributed by atoms with van der Waals surface area (Å²) in [5.41, 5.74) is 3.85. The molecule has 6 heteroatoms. The molecular formula is C19H17N5O. The SMILES string of the molecule is N#Cc1cnn2c(-c3cccc(CNC(=O)C4CCC4)c3)ccnc12. The highest BCUT2D eigenvalue weighted by Gasteiger charge is 2.24. The van der Waals surface area contributed by atoms with Gasteiger partial charge in [-0.1, -0.05) is 24.6 Å². The number of hydrogen-bond donors (Lipinski definition) is 1. The van der Waals surface area contributed by atoms with Crippen LogP contribution in [0.5, 0.6) is 0 Å². The lowest BCUT2D eigenvalue weighted by Gasteiger charge is -2.24. The Hall–Kier alpha value is -3.20. The van der Waals surface area contributed by atoms with Gasteiger partial charge in [-0.15, -0.1) is 0 Å². The molecule has 0 spiro atoms. The first kappa shape index (κ1) is 15.3. The number of carbonyl (C=O) groups excluding carboxylic acids is 1. The maximum absolute atomic E-state index is 12.0. The van der Waals surface area contributed by atoms with Gasteiger partial charge < -0.3 is 5.32 Å². The lowest BCUT2D eigenvalue weighted by Crippen LogP contribution is -2.33. The molecule has 1 aliphatic rings. The van der Waals surface area contributed by atoms with E-state index in [9.17, 15) is 4.79 Å². The summed E-state index contributed by atoms with van der Waals surface area (Å²) in [4.78, 5) is 16.2. The van der Waals surface area contributed by atoms with Gasteiger partial charge in [0, 0.05) is 24.2 Å². The average molecular weight is 331 g/mol. The van der Waals surface area contributed by atoms with Crippen LogP contribution in [-0.2, 0) is 11.3 Å². The zero-order valence-corrected chi connectivity index (χ0v) is 13.6. The van der Waals surface area contributed by atoms with E-state index in [1.165, 1.54) is 6.20 Å². The summed E-state index contributed by atoms with van der Waals surface area (Å²) in [5.74, 6) is 0.338. The number of nitriles is 1. The van der Waals surface area contributed by atoms with Crippen molar-refractivity contribution in [1.82, 2.24) is 19.9 Å². The summed E-state index contributed by atoms with van der Waals surface area (Å²) < 4.78 is 1.67. The van der Waals surface area contributed by atoms with E-state index in [4.69, 9.17) is 5.26 Å². The van der Waals surface area contributed by atoms with E-state index in [1.807, 2.05) is 30.3 Å². The van der Waals surface area contributed by atoms with Crippen molar-refractivity contribution in [2.45, 2.75) is 25.8 Å². The zero-order chi connectivity index (χ0) is 17.2. The summed E-state index contributed by atoms with van der Waals surface area (Å²) in [6.45, 7) is 0.514. The second kappa shape index (κ2) is 6.36. The molecule has 1 amide bonds. The zero-order valence-electron chi connectivity index (χ0n) is 13.6. The molecule has 0 bridgehead atoms. The van der Waals surface area contributed by atoms with Gasteiger partial charge in [-0.25, -0.2) is 9.50 Å². The van der Waals surface area contributed by atoms with Crippen LogP contribution in [0.3, 0.4) is 0 Å². The number of fused-ring (bicyclic) bond motifs is 1. The van der Waals surface area contributed by atoms with Crippen LogP contribution in [0.4, 0.5) is 0 Å². The Morgan fingerprint density at radius 3 is 3.00 bits per heavy atom. The van der Waals surface area contributed by atoms with Gasteiger partial charge in [0.05, 0.1) is 11.9 Å². The Balaban J connectivity index is 1.60. The molecule has 25 heavy (non-hydrogen) atoms. The van der Waals surface area contributed by atoms with Crippen molar-refractivity contribution < 1.29 is 4.79 Å². The number of benzene rings is 1. The van der Waals surface area contributed by atoms with Gasteiger partial charge in [0.15, 0.2) is 5.65 Å². The van der Waals surface area contributed by atoms with Gasteiger partial charge in [0.1, 0.15) is 11.6 Å². The van der Waals surface area contributed by atoms with Crippen LogP contribution < -0.4 is 5.32 Å². The van der Waals surface area contributed by atoms with E-state index in [0.717, 1.165) is 36.1 Å². The van der Waals surface area contributed by atoms with Gasteiger partial charge in [0.2, 0.25) is 5.91 Å². The Kier molecular flexibility index (Phi) is 3.90. The summed E-state index contributed by atoms with van der Waals surface area (Å²) in [6, 6.07) is 11.9. The molecule has 0 radical (unpaired) electrons. The molecule has 3 aromatic rings. The van der Waals surface area contributed by atoms with E-state index >= 15 is 0 Å². The molecule has 2 heterocycles. The molecule has 0 saturated heterocycles. The molecule has 1 aliphatic carbocycles. The van der Waals surface area contributed by atoms with Crippen molar-refractivity contribution in [1.29, 1.82) is 5.26 Å². The average Bonchev–Trinajstić information content (AvgIpc) is 3.02. The maximum atomic E-state index is 12.0. The lowest BCUT2D eigenvalue weighted by atomic mass is 9.85. The molecule has 2 aromatic heterocycles. The van der Waals surface area contributed by atoms with Crippen molar-refractivity contribution in [2.24, 2.45) is 5.92 Å². The fourth-order valence-corrected chi connectivity index (χ4v) is 3.03. The lowest BCUT2D eigenvalue weighted by molar-refractivity contribution is -0.127. The highest BCUT2D eigenvalue weighted by molar-refractivity contribution is 5.79. The highest BCUT2D eigenvalue weighted by Crippen LogP contribution is 2.26. The number of carbonyl (C=O) groups is 1. The number of nitrogens with zero attached hydrogens (tertiary/aromatic N) is 4. The molecule has 4 rings (SSSR count). The largest absolute Gasteiger partial charge is 0.352 e. The predicted molar refractivity (Wildman–Crippen MR) is 92.3 cm³/mol. The minimum atomic E-state index is 0.147. The van der Waals surface area contributed by atoms with E-state index in [-0.39, 0.29) is 11.8 Å².